The third kappa shape index (κ3) is 2.93. The highest BCUT2D eigenvalue weighted by atomic mass is 16.2. The lowest BCUT2D eigenvalue weighted by molar-refractivity contribution is -0.130. The van der Waals surface area contributed by atoms with Crippen LogP contribution in [-0.4, -0.2) is 11.6 Å². The zero-order valence-electron chi connectivity index (χ0n) is 11.4. The third-order valence-corrected chi connectivity index (χ3v) is 3.34. The van der Waals surface area contributed by atoms with Crippen molar-refractivity contribution < 1.29 is 9.59 Å². The molecule has 1 fully saturated rings. The first-order chi connectivity index (χ1) is 7.02. The Morgan fingerprint density at radius 1 is 1.06 bits per heavy atom. The predicted octanol–water partition coefficient (Wildman–Crippen LogP) is 3.24. The van der Waals surface area contributed by atoms with Gasteiger partial charge in [0.15, 0.2) is 0 Å². The zero-order chi connectivity index (χ0) is 12.7. The maximum absolute atomic E-state index is 12.2. The van der Waals surface area contributed by atoms with Crippen molar-refractivity contribution in [1.82, 2.24) is 0 Å². The first-order valence-electron chi connectivity index (χ1n) is 6.09. The van der Waals surface area contributed by atoms with Crippen LogP contribution in [0.3, 0.4) is 0 Å². The van der Waals surface area contributed by atoms with E-state index >= 15 is 0 Å². The van der Waals surface area contributed by atoms with Gasteiger partial charge >= 0.3 is 0 Å². The first-order valence-corrected chi connectivity index (χ1v) is 6.09. The normalized spacial score (nSPS) is 27.6. The van der Waals surface area contributed by atoms with Crippen LogP contribution < -0.4 is 0 Å². The first kappa shape index (κ1) is 13.4. The molecule has 0 spiro atoms. The van der Waals surface area contributed by atoms with E-state index in [1.807, 2.05) is 20.8 Å². The molecule has 1 aliphatic carbocycles. The van der Waals surface area contributed by atoms with Gasteiger partial charge in [0.05, 0.1) is 5.92 Å². The summed E-state index contributed by atoms with van der Waals surface area (Å²) >= 11 is 0. The van der Waals surface area contributed by atoms with E-state index < -0.39 is 0 Å². The van der Waals surface area contributed by atoms with Crippen LogP contribution in [0.15, 0.2) is 0 Å². The molecule has 0 aliphatic heterocycles. The van der Waals surface area contributed by atoms with E-state index in [0.717, 1.165) is 0 Å². The molecule has 1 rings (SSSR count). The molecule has 0 aromatic heterocycles. The third-order valence-electron chi connectivity index (χ3n) is 3.34. The molecule has 0 saturated heterocycles. The zero-order valence-corrected chi connectivity index (χ0v) is 11.4. The summed E-state index contributed by atoms with van der Waals surface area (Å²) in [6, 6.07) is 0. The molecule has 0 aromatic carbocycles. The molecule has 2 unspecified atom stereocenters. The van der Waals surface area contributed by atoms with E-state index in [2.05, 4.69) is 20.8 Å². The van der Waals surface area contributed by atoms with E-state index in [9.17, 15) is 9.59 Å². The largest absolute Gasteiger partial charge is 0.299 e. The summed E-state index contributed by atoms with van der Waals surface area (Å²) in [5.41, 5.74) is -0.0395. The Bertz CT molecular complexity index is 302. The van der Waals surface area contributed by atoms with Gasteiger partial charge in [0.1, 0.15) is 11.6 Å². The molecule has 2 nitrogen and oxygen atoms in total. The van der Waals surface area contributed by atoms with Gasteiger partial charge in [-0.15, -0.1) is 0 Å². The van der Waals surface area contributed by atoms with Crippen molar-refractivity contribution in [2.45, 2.75) is 54.4 Å². The maximum Gasteiger partial charge on any atom is 0.147 e. The molecule has 92 valence electrons. The molecule has 1 saturated carbocycles. The van der Waals surface area contributed by atoms with E-state index in [0.29, 0.717) is 12.8 Å². The van der Waals surface area contributed by atoms with Gasteiger partial charge < -0.3 is 0 Å². The minimum Gasteiger partial charge on any atom is -0.299 e. The van der Waals surface area contributed by atoms with Gasteiger partial charge in [0.25, 0.3) is 0 Å². The number of rotatable bonds is 1. The van der Waals surface area contributed by atoms with Gasteiger partial charge in [-0.1, -0.05) is 41.5 Å². The number of hydrogen-bond acceptors (Lipinski definition) is 2. The number of ketones is 2. The minimum absolute atomic E-state index is 0.0444. The Labute approximate surface area is 98.8 Å². The number of carbonyl (C=O) groups is 2. The molecule has 0 heterocycles. The summed E-state index contributed by atoms with van der Waals surface area (Å²) < 4.78 is 0. The number of Topliss-reactive ketones (excluding diaryl/α,β-unsaturated/α-hetero) is 2. The van der Waals surface area contributed by atoms with Crippen LogP contribution in [0, 0.1) is 22.7 Å². The topological polar surface area (TPSA) is 34.1 Å². The fraction of sp³-hybridized carbons (Fsp3) is 0.857. The van der Waals surface area contributed by atoms with Crippen molar-refractivity contribution in [3.05, 3.63) is 0 Å². The van der Waals surface area contributed by atoms with E-state index in [4.69, 9.17) is 0 Å². The molecule has 16 heavy (non-hydrogen) atoms. The van der Waals surface area contributed by atoms with E-state index in [1.165, 1.54) is 0 Å². The van der Waals surface area contributed by atoms with Gasteiger partial charge in [-0.2, -0.15) is 0 Å². The Hall–Kier alpha value is -0.660. The summed E-state index contributed by atoms with van der Waals surface area (Å²) in [6.45, 7) is 12.4. The maximum atomic E-state index is 12.2. The second-order valence-corrected chi connectivity index (χ2v) is 7.31. The van der Waals surface area contributed by atoms with Crippen molar-refractivity contribution in [3.63, 3.8) is 0 Å². The minimum atomic E-state index is -0.343. The molecule has 0 radical (unpaired) electrons. The summed E-state index contributed by atoms with van der Waals surface area (Å²) in [7, 11) is 0. The number of carbonyl (C=O) groups excluding carboxylic acids is 2. The van der Waals surface area contributed by atoms with Gasteiger partial charge in [0, 0.05) is 12.3 Å². The molecule has 0 N–H and O–H groups in total. The molecule has 2 heteroatoms. The van der Waals surface area contributed by atoms with Crippen LogP contribution in [0.4, 0.5) is 0 Å². The van der Waals surface area contributed by atoms with Crippen LogP contribution >= 0.6 is 0 Å². The molecule has 0 aromatic rings. The number of hydrogen-bond donors (Lipinski definition) is 0. The van der Waals surface area contributed by atoms with Crippen molar-refractivity contribution in [1.29, 1.82) is 0 Å². The lowest BCUT2D eigenvalue weighted by atomic mass is 9.77. The molecule has 1 aliphatic rings. The molecular formula is C14H24O2. The quantitative estimate of drug-likeness (QED) is 0.641. The van der Waals surface area contributed by atoms with E-state index in [-0.39, 0.29) is 34.2 Å². The lowest BCUT2D eigenvalue weighted by Gasteiger charge is -2.26. The molecular weight excluding hydrogens is 200 g/mol. The average Bonchev–Trinajstić information content (AvgIpc) is 2.28. The Morgan fingerprint density at radius 2 is 1.56 bits per heavy atom. The van der Waals surface area contributed by atoms with Crippen molar-refractivity contribution in [2.75, 3.05) is 0 Å². The van der Waals surface area contributed by atoms with Gasteiger partial charge in [-0.05, 0) is 17.3 Å². The predicted molar refractivity (Wildman–Crippen MR) is 65.1 cm³/mol. The highest BCUT2D eigenvalue weighted by molar-refractivity contribution is 6.10. The second-order valence-electron chi connectivity index (χ2n) is 7.31. The Kier molecular flexibility index (Phi) is 3.33. The fourth-order valence-corrected chi connectivity index (χ4v) is 2.41. The fourth-order valence-electron chi connectivity index (χ4n) is 2.41. The summed E-state index contributed by atoms with van der Waals surface area (Å²) in [5.74, 6) is -0.0937. The van der Waals surface area contributed by atoms with Crippen LogP contribution in [-0.2, 0) is 9.59 Å². The average molecular weight is 224 g/mol. The van der Waals surface area contributed by atoms with Crippen LogP contribution in [0.5, 0.6) is 0 Å². The summed E-state index contributed by atoms with van der Waals surface area (Å²) in [6.07, 6.45) is 1.14. The van der Waals surface area contributed by atoms with Crippen LogP contribution in [0.2, 0.25) is 0 Å². The van der Waals surface area contributed by atoms with Gasteiger partial charge in [-0.3, -0.25) is 9.59 Å². The molecule has 2 atom stereocenters. The lowest BCUT2D eigenvalue weighted by Crippen LogP contribution is -2.28. The standard InChI is InChI=1S/C14H24O2/c1-13(2,3)8-9-11(15)7-10(12(9)16)14(4,5)6/h9-10H,7-8H2,1-6H3. The highest BCUT2D eigenvalue weighted by Crippen LogP contribution is 2.41. The van der Waals surface area contributed by atoms with Gasteiger partial charge in [0.2, 0.25) is 0 Å². The second kappa shape index (κ2) is 3.97. The summed E-state index contributed by atoms with van der Waals surface area (Å²) in [5, 5.41) is 0. The summed E-state index contributed by atoms with van der Waals surface area (Å²) in [4.78, 5) is 24.1. The van der Waals surface area contributed by atoms with Crippen molar-refractivity contribution in [3.8, 4) is 0 Å². The Balaban J connectivity index is 2.84. The van der Waals surface area contributed by atoms with Gasteiger partial charge in [-0.25, -0.2) is 0 Å². The molecule has 0 bridgehead atoms. The van der Waals surface area contributed by atoms with Crippen LogP contribution in [0.25, 0.3) is 0 Å². The monoisotopic (exact) mass is 224 g/mol. The Morgan fingerprint density at radius 3 is 1.88 bits per heavy atom. The smallest absolute Gasteiger partial charge is 0.147 e. The SMILES string of the molecule is CC(C)(C)CC1C(=O)CC(C(C)(C)C)C1=O. The van der Waals surface area contributed by atoms with E-state index in [1.54, 1.807) is 0 Å². The molecule has 0 amide bonds. The highest BCUT2D eigenvalue weighted by Gasteiger charge is 2.46. The van der Waals surface area contributed by atoms with Crippen LogP contribution in [0.1, 0.15) is 54.4 Å². The van der Waals surface area contributed by atoms with Crippen molar-refractivity contribution >= 4 is 11.6 Å². The van der Waals surface area contributed by atoms with Crippen molar-refractivity contribution in [2.24, 2.45) is 22.7 Å².